The first-order valence-electron chi connectivity index (χ1n) is 7.72. The Balaban J connectivity index is 1.87. The molecule has 2 aliphatic heterocycles. The van der Waals surface area contributed by atoms with Crippen LogP contribution in [0.15, 0.2) is 22.1 Å². The van der Waals surface area contributed by atoms with Gasteiger partial charge in [0, 0.05) is 20.3 Å². The summed E-state index contributed by atoms with van der Waals surface area (Å²) < 4.78 is 18.7. The van der Waals surface area contributed by atoms with Crippen molar-refractivity contribution < 1.29 is 19.3 Å². The summed E-state index contributed by atoms with van der Waals surface area (Å²) in [5, 5.41) is 9.50. The van der Waals surface area contributed by atoms with Gasteiger partial charge in [-0.25, -0.2) is 9.79 Å². The molecule has 9 heteroatoms. The highest BCUT2D eigenvalue weighted by molar-refractivity contribution is 5.58. The molecular formula is C15H22N4O5. The largest absolute Gasteiger partial charge is 0.394 e. The molecule has 2 saturated heterocycles. The van der Waals surface area contributed by atoms with Crippen molar-refractivity contribution in [2.24, 2.45) is 4.99 Å². The van der Waals surface area contributed by atoms with Crippen molar-refractivity contribution in [3.05, 3.63) is 22.7 Å². The van der Waals surface area contributed by atoms with Crippen molar-refractivity contribution in [2.75, 3.05) is 20.7 Å². The summed E-state index contributed by atoms with van der Waals surface area (Å²) in [4.78, 5) is 22.1. The van der Waals surface area contributed by atoms with Crippen LogP contribution < -0.4 is 5.69 Å². The third-order valence-corrected chi connectivity index (χ3v) is 3.82. The molecule has 9 nitrogen and oxygen atoms in total. The van der Waals surface area contributed by atoms with Gasteiger partial charge in [0.05, 0.1) is 12.9 Å². The van der Waals surface area contributed by atoms with Crippen molar-refractivity contribution in [1.82, 2.24) is 14.5 Å². The standard InChI is InChI=1S/C15H22N4O5/c1-15(2)23-11-9(7-20)22-13(12(11)24-15)19-6-5-10(17-14(19)21)16-8-18(3)4/h5-6,8-9,11-13,20H,7H2,1-4H3/t9-,11+,12?,13-/m1/s1. The molecule has 0 spiro atoms. The zero-order valence-electron chi connectivity index (χ0n) is 14.1. The van der Waals surface area contributed by atoms with E-state index in [4.69, 9.17) is 14.2 Å². The fourth-order valence-electron chi connectivity index (χ4n) is 2.87. The van der Waals surface area contributed by atoms with Crippen LogP contribution in [-0.4, -0.2) is 70.7 Å². The van der Waals surface area contributed by atoms with Gasteiger partial charge in [0.1, 0.15) is 18.3 Å². The average Bonchev–Trinajstić information content (AvgIpc) is 2.98. The molecule has 3 heterocycles. The number of aromatic nitrogens is 2. The molecule has 2 aliphatic rings. The van der Waals surface area contributed by atoms with Gasteiger partial charge in [-0.15, -0.1) is 0 Å². The summed E-state index contributed by atoms with van der Waals surface area (Å²) in [7, 11) is 3.65. The number of ether oxygens (including phenoxy) is 3. The highest BCUT2D eigenvalue weighted by Gasteiger charge is 2.55. The molecule has 1 aromatic rings. The number of rotatable bonds is 4. The van der Waals surface area contributed by atoms with Crippen LogP contribution in [0, 0.1) is 0 Å². The fraction of sp³-hybridized carbons (Fsp3) is 0.667. The Morgan fingerprint density at radius 2 is 2.12 bits per heavy atom. The predicted octanol–water partition coefficient (Wildman–Crippen LogP) is -0.125. The minimum absolute atomic E-state index is 0.218. The minimum Gasteiger partial charge on any atom is -0.394 e. The molecule has 3 rings (SSSR count). The van der Waals surface area contributed by atoms with E-state index in [-0.39, 0.29) is 6.61 Å². The quantitative estimate of drug-likeness (QED) is 0.603. The zero-order chi connectivity index (χ0) is 17.5. The smallest absolute Gasteiger partial charge is 0.351 e. The van der Waals surface area contributed by atoms with Crippen LogP contribution in [-0.2, 0) is 14.2 Å². The molecular weight excluding hydrogens is 316 g/mol. The lowest BCUT2D eigenvalue weighted by Gasteiger charge is -2.24. The Hall–Kier alpha value is -1.81. The van der Waals surface area contributed by atoms with Gasteiger partial charge >= 0.3 is 5.69 Å². The summed E-state index contributed by atoms with van der Waals surface area (Å²) >= 11 is 0. The molecule has 0 aliphatic carbocycles. The number of hydrogen-bond donors (Lipinski definition) is 1. The summed E-state index contributed by atoms with van der Waals surface area (Å²) in [6, 6.07) is 1.62. The molecule has 2 fully saturated rings. The van der Waals surface area contributed by atoms with Gasteiger partial charge < -0.3 is 24.2 Å². The number of fused-ring (bicyclic) bond motifs is 1. The highest BCUT2D eigenvalue weighted by atomic mass is 16.8. The van der Waals surface area contributed by atoms with Gasteiger partial charge in [0.2, 0.25) is 0 Å². The van der Waals surface area contributed by atoms with Gasteiger partial charge in [-0.2, -0.15) is 4.98 Å². The third-order valence-electron chi connectivity index (χ3n) is 3.82. The van der Waals surface area contributed by atoms with Crippen molar-refractivity contribution >= 4 is 12.2 Å². The van der Waals surface area contributed by atoms with Gasteiger partial charge in [-0.1, -0.05) is 0 Å². The number of aliphatic imine (C=N–C) groups is 1. The molecule has 0 aromatic carbocycles. The van der Waals surface area contributed by atoms with Crippen LogP contribution in [0.4, 0.5) is 5.82 Å². The second-order valence-electron chi connectivity index (χ2n) is 6.50. The van der Waals surface area contributed by atoms with E-state index in [1.54, 1.807) is 37.3 Å². The minimum atomic E-state index is -0.794. The Morgan fingerprint density at radius 1 is 1.42 bits per heavy atom. The lowest BCUT2D eigenvalue weighted by Crippen LogP contribution is -2.34. The molecule has 1 aromatic heterocycles. The van der Waals surface area contributed by atoms with E-state index in [1.807, 2.05) is 14.1 Å². The Morgan fingerprint density at radius 3 is 2.75 bits per heavy atom. The molecule has 1 unspecified atom stereocenters. The van der Waals surface area contributed by atoms with Crippen LogP contribution in [0.5, 0.6) is 0 Å². The van der Waals surface area contributed by atoms with Crippen LogP contribution in [0.1, 0.15) is 20.1 Å². The first-order valence-corrected chi connectivity index (χ1v) is 7.72. The van der Waals surface area contributed by atoms with E-state index < -0.39 is 36.0 Å². The average molecular weight is 338 g/mol. The van der Waals surface area contributed by atoms with E-state index in [0.717, 1.165) is 0 Å². The highest BCUT2D eigenvalue weighted by Crippen LogP contribution is 2.42. The summed E-state index contributed by atoms with van der Waals surface area (Å²) in [5.74, 6) is -0.486. The second-order valence-corrected chi connectivity index (χ2v) is 6.50. The Labute approximate surface area is 139 Å². The van der Waals surface area contributed by atoms with Crippen molar-refractivity contribution in [3.8, 4) is 0 Å². The maximum absolute atomic E-state index is 12.3. The summed E-state index contributed by atoms with van der Waals surface area (Å²) in [6.45, 7) is 3.36. The molecule has 24 heavy (non-hydrogen) atoms. The predicted molar refractivity (Wildman–Crippen MR) is 85.2 cm³/mol. The monoisotopic (exact) mass is 338 g/mol. The van der Waals surface area contributed by atoms with E-state index in [0.29, 0.717) is 5.82 Å². The first kappa shape index (κ1) is 17.0. The molecule has 0 bridgehead atoms. The number of aliphatic hydroxyl groups is 1. The number of nitrogens with zero attached hydrogens (tertiary/aromatic N) is 4. The van der Waals surface area contributed by atoms with Crippen LogP contribution in [0.2, 0.25) is 0 Å². The Kier molecular flexibility index (Phi) is 4.43. The van der Waals surface area contributed by atoms with Crippen LogP contribution in [0.3, 0.4) is 0 Å². The maximum atomic E-state index is 12.3. The van der Waals surface area contributed by atoms with E-state index in [1.165, 1.54) is 4.57 Å². The lowest BCUT2D eigenvalue weighted by atomic mass is 10.1. The van der Waals surface area contributed by atoms with E-state index >= 15 is 0 Å². The van der Waals surface area contributed by atoms with Crippen molar-refractivity contribution in [2.45, 2.75) is 44.2 Å². The number of aliphatic hydroxyl groups excluding tert-OH is 1. The molecule has 0 amide bonds. The van der Waals surface area contributed by atoms with E-state index in [9.17, 15) is 9.90 Å². The van der Waals surface area contributed by atoms with Gasteiger partial charge in [-0.05, 0) is 19.9 Å². The maximum Gasteiger partial charge on any atom is 0.351 e. The Bertz CT molecular complexity index is 687. The summed E-state index contributed by atoms with van der Waals surface area (Å²) in [6.07, 6.45) is 0.933. The molecule has 0 radical (unpaired) electrons. The van der Waals surface area contributed by atoms with E-state index in [2.05, 4.69) is 9.98 Å². The first-order chi connectivity index (χ1) is 11.3. The molecule has 132 valence electrons. The van der Waals surface area contributed by atoms with Crippen LogP contribution >= 0.6 is 0 Å². The molecule has 1 N–H and O–H groups in total. The van der Waals surface area contributed by atoms with Crippen molar-refractivity contribution in [1.29, 1.82) is 0 Å². The lowest BCUT2D eigenvalue weighted by molar-refractivity contribution is -0.200. The molecule has 0 saturated carbocycles. The molecule has 4 atom stereocenters. The zero-order valence-corrected chi connectivity index (χ0v) is 14.1. The number of hydrogen-bond acceptors (Lipinski definition) is 7. The van der Waals surface area contributed by atoms with Crippen molar-refractivity contribution in [3.63, 3.8) is 0 Å². The van der Waals surface area contributed by atoms with Gasteiger partial charge in [-0.3, -0.25) is 4.57 Å². The van der Waals surface area contributed by atoms with Gasteiger partial charge in [0.25, 0.3) is 0 Å². The van der Waals surface area contributed by atoms with Crippen LogP contribution in [0.25, 0.3) is 0 Å². The van der Waals surface area contributed by atoms with Gasteiger partial charge in [0.15, 0.2) is 17.8 Å². The second kappa shape index (κ2) is 6.25. The topological polar surface area (TPSA) is 98.4 Å². The fourth-order valence-corrected chi connectivity index (χ4v) is 2.87. The third kappa shape index (κ3) is 3.20. The summed E-state index contributed by atoms with van der Waals surface area (Å²) in [5.41, 5.74) is -0.501. The normalized spacial score (nSPS) is 31.5. The SMILES string of the molecule is CN(C)C=Nc1ccn([C@@H]2O[C@H](CO)[C@@H]3OC(C)(C)OC32)c(=O)n1.